The zero-order valence-corrected chi connectivity index (χ0v) is 12.3. The molecule has 108 valence electrons. The Hall–Kier alpha value is -2.31. The van der Waals surface area contributed by atoms with E-state index in [-0.39, 0.29) is 10.6 Å². The highest BCUT2D eigenvalue weighted by molar-refractivity contribution is 7.90. The molecular weight excluding hydrogens is 317 g/mol. The smallest absolute Gasteiger partial charge is 0.266 e. The number of rotatable bonds is 3. The summed E-state index contributed by atoms with van der Waals surface area (Å²) in [7, 11) is -4.20. The molecule has 1 heterocycles. The van der Waals surface area contributed by atoms with Crippen LogP contribution in [0.1, 0.15) is 21.1 Å². The predicted octanol–water partition coefficient (Wildman–Crippen LogP) is 1.58. The fraction of sp³-hybridized carbons (Fsp3) is 0.0833. The molecule has 1 aromatic heterocycles. The Bertz CT molecular complexity index is 853. The topological polar surface area (TPSA) is 99.9 Å². The number of nitrogens with zero attached hydrogens (tertiary/aromatic N) is 2. The average Bonchev–Trinajstić information content (AvgIpc) is 2.85. The van der Waals surface area contributed by atoms with Crippen molar-refractivity contribution in [3.63, 3.8) is 0 Å². The highest BCUT2D eigenvalue weighted by atomic mass is 32.2. The van der Waals surface area contributed by atoms with Gasteiger partial charge in [-0.15, -0.1) is 11.3 Å². The molecule has 0 radical (unpaired) electrons. The number of thiazole rings is 1. The molecule has 0 atom stereocenters. The van der Waals surface area contributed by atoms with Gasteiger partial charge in [0.2, 0.25) is 0 Å². The van der Waals surface area contributed by atoms with Crippen LogP contribution in [0.15, 0.2) is 28.5 Å². The second-order valence-corrected chi connectivity index (χ2v) is 6.68. The molecule has 0 bridgehead atoms. The van der Waals surface area contributed by atoms with Crippen LogP contribution in [-0.2, 0) is 10.0 Å². The summed E-state index contributed by atoms with van der Waals surface area (Å²) >= 11 is 1.20. The third kappa shape index (κ3) is 3.24. The molecule has 0 aliphatic heterocycles. The Morgan fingerprint density at radius 2 is 2.19 bits per heavy atom. The maximum absolute atomic E-state index is 13.2. The number of aryl methyl sites for hydroxylation is 1. The van der Waals surface area contributed by atoms with E-state index in [1.54, 1.807) is 6.92 Å². The number of hydrogen-bond acceptors (Lipinski definition) is 6. The number of hydrogen-bond donors (Lipinski definition) is 1. The van der Waals surface area contributed by atoms with Crippen molar-refractivity contribution in [1.82, 2.24) is 9.71 Å². The minimum Gasteiger partial charge on any atom is -0.266 e. The highest BCUT2D eigenvalue weighted by Gasteiger charge is 2.21. The van der Waals surface area contributed by atoms with Crippen molar-refractivity contribution in [2.24, 2.45) is 0 Å². The van der Waals surface area contributed by atoms with Gasteiger partial charge in [-0.3, -0.25) is 4.79 Å². The summed E-state index contributed by atoms with van der Waals surface area (Å²) in [6.07, 6.45) is 0. The molecule has 21 heavy (non-hydrogen) atoms. The lowest BCUT2D eigenvalue weighted by molar-refractivity contribution is 0.0977. The van der Waals surface area contributed by atoms with Crippen molar-refractivity contribution in [1.29, 1.82) is 5.26 Å². The van der Waals surface area contributed by atoms with E-state index >= 15 is 0 Å². The summed E-state index contributed by atoms with van der Waals surface area (Å²) in [5, 5.41) is 10.7. The van der Waals surface area contributed by atoms with Gasteiger partial charge in [0.25, 0.3) is 15.9 Å². The highest BCUT2D eigenvalue weighted by Crippen LogP contribution is 2.15. The molecule has 6 nitrogen and oxygen atoms in total. The van der Waals surface area contributed by atoms with E-state index in [2.05, 4.69) is 4.98 Å². The molecule has 2 aromatic rings. The van der Waals surface area contributed by atoms with E-state index in [0.717, 1.165) is 18.2 Å². The Balaban J connectivity index is 2.31. The van der Waals surface area contributed by atoms with Gasteiger partial charge in [0.15, 0.2) is 0 Å². The molecular formula is C12H8FN3O3S2. The van der Waals surface area contributed by atoms with Crippen LogP contribution in [0.5, 0.6) is 0 Å². The summed E-state index contributed by atoms with van der Waals surface area (Å²) in [5.41, 5.74) is -0.446. The summed E-state index contributed by atoms with van der Waals surface area (Å²) in [6, 6.07) is 4.21. The normalized spacial score (nSPS) is 10.9. The van der Waals surface area contributed by atoms with E-state index in [4.69, 9.17) is 5.26 Å². The van der Waals surface area contributed by atoms with Crippen LogP contribution in [0.4, 0.5) is 4.39 Å². The van der Waals surface area contributed by atoms with Gasteiger partial charge in [0.1, 0.15) is 17.6 Å². The van der Waals surface area contributed by atoms with Crippen LogP contribution in [-0.4, -0.2) is 19.3 Å². The quantitative estimate of drug-likeness (QED) is 0.923. The number of aromatic nitrogens is 1. The lowest BCUT2D eigenvalue weighted by Gasteiger charge is -2.06. The van der Waals surface area contributed by atoms with Gasteiger partial charge in [-0.2, -0.15) is 5.26 Å². The van der Waals surface area contributed by atoms with E-state index < -0.39 is 27.3 Å². The molecule has 0 saturated heterocycles. The Morgan fingerprint density at radius 1 is 1.48 bits per heavy atom. The van der Waals surface area contributed by atoms with Crippen LogP contribution in [0.3, 0.4) is 0 Å². The predicted molar refractivity (Wildman–Crippen MR) is 72.6 cm³/mol. The fourth-order valence-corrected chi connectivity index (χ4v) is 3.04. The number of carbonyl (C=O) groups is 1. The van der Waals surface area contributed by atoms with Crippen LogP contribution in [0.25, 0.3) is 0 Å². The third-order valence-corrected chi connectivity index (χ3v) is 4.55. The van der Waals surface area contributed by atoms with Gasteiger partial charge < -0.3 is 0 Å². The number of nitrogens with one attached hydrogen (secondary N) is 1. The first kappa shape index (κ1) is 15.1. The minimum atomic E-state index is -4.20. The number of amides is 1. The summed E-state index contributed by atoms with van der Waals surface area (Å²) in [6.45, 7) is 1.68. The molecule has 0 spiro atoms. The largest absolute Gasteiger partial charge is 0.284 e. The number of sulfonamides is 1. The monoisotopic (exact) mass is 325 g/mol. The van der Waals surface area contributed by atoms with Crippen LogP contribution in [0.2, 0.25) is 0 Å². The van der Waals surface area contributed by atoms with E-state index in [0.29, 0.717) is 5.01 Å². The second kappa shape index (κ2) is 5.59. The van der Waals surface area contributed by atoms with Gasteiger partial charge in [-0.25, -0.2) is 22.5 Å². The van der Waals surface area contributed by atoms with Crippen LogP contribution in [0, 0.1) is 24.1 Å². The minimum absolute atomic E-state index is 0.0244. The van der Waals surface area contributed by atoms with Gasteiger partial charge >= 0.3 is 0 Å². The molecule has 0 saturated carbocycles. The molecule has 2 rings (SSSR count). The molecule has 0 aliphatic carbocycles. The lowest BCUT2D eigenvalue weighted by atomic mass is 10.2. The summed E-state index contributed by atoms with van der Waals surface area (Å²) < 4.78 is 39.0. The Morgan fingerprint density at radius 3 is 2.76 bits per heavy atom. The van der Waals surface area contributed by atoms with Gasteiger partial charge in [-0.1, -0.05) is 0 Å². The average molecular weight is 325 g/mol. The van der Waals surface area contributed by atoms with E-state index in [1.807, 2.05) is 4.72 Å². The molecule has 1 amide bonds. The van der Waals surface area contributed by atoms with Crippen molar-refractivity contribution in [2.45, 2.75) is 11.8 Å². The number of benzene rings is 1. The molecule has 1 N–H and O–H groups in total. The van der Waals surface area contributed by atoms with Crippen molar-refractivity contribution >= 4 is 27.3 Å². The summed E-state index contributed by atoms with van der Waals surface area (Å²) in [5.74, 6) is -1.72. The molecule has 1 aromatic carbocycles. The summed E-state index contributed by atoms with van der Waals surface area (Å²) in [4.78, 5) is 15.3. The van der Waals surface area contributed by atoms with Crippen molar-refractivity contribution in [3.8, 4) is 6.07 Å². The molecule has 0 unspecified atom stereocenters. The third-order valence-electron chi connectivity index (χ3n) is 2.45. The van der Waals surface area contributed by atoms with Crippen molar-refractivity contribution in [3.05, 3.63) is 45.7 Å². The maximum atomic E-state index is 13.2. The zero-order valence-electron chi connectivity index (χ0n) is 10.6. The lowest BCUT2D eigenvalue weighted by Crippen LogP contribution is -2.30. The number of nitriles is 1. The van der Waals surface area contributed by atoms with Crippen molar-refractivity contribution < 1.29 is 17.6 Å². The van der Waals surface area contributed by atoms with Gasteiger partial charge in [0, 0.05) is 5.38 Å². The van der Waals surface area contributed by atoms with Gasteiger partial charge in [-0.05, 0) is 25.1 Å². The van der Waals surface area contributed by atoms with Crippen LogP contribution >= 0.6 is 11.3 Å². The number of halogens is 1. The Labute approximate surface area is 123 Å². The number of carbonyl (C=O) groups excluding carboxylic acids is 1. The molecule has 9 heteroatoms. The SMILES string of the molecule is Cc1nc(C(=O)NS(=O)(=O)c2ccc(F)c(C#N)c2)cs1. The van der Waals surface area contributed by atoms with Gasteiger partial charge in [0.05, 0.1) is 15.5 Å². The fourth-order valence-electron chi connectivity index (χ4n) is 1.46. The standard InChI is InChI=1S/C12H8FN3O3S2/c1-7-15-11(6-20-7)12(17)16-21(18,19)9-2-3-10(13)8(4-9)5-14/h2-4,6H,1H3,(H,16,17). The first-order valence-corrected chi connectivity index (χ1v) is 7.88. The van der Waals surface area contributed by atoms with E-state index in [1.165, 1.54) is 22.8 Å². The Kier molecular flexibility index (Phi) is 4.02. The first-order chi connectivity index (χ1) is 9.83. The second-order valence-electron chi connectivity index (χ2n) is 3.94. The molecule has 0 aliphatic rings. The molecule has 0 fully saturated rings. The first-order valence-electron chi connectivity index (χ1n) is 5.52. The van der Waals surface area contributed by atoms with E-state index in [9.17, 15) is 17.6 Å². The zero-order chi connectivity index (χ0) is 15.6. The maximum Gasteiger partial charge on any atom is 0.284 e. The van der Waals surface area contributed by atoms with Crippen LogP contribution < -0.4 is 4.72 Å². The van der Waals surface area contributed by atoms with Crippen molar-refractivity contribution in [2.75, 3.05) is 0 Å².